The molecular weight excluding hydrogens is 182 g/mol. The third-order valence-corrected chi connectivity index (χ3v) is 1.44. The van der Waals surface area contributed by atoms with Gasteiger partial charge in [-0.1, -0.05) is 5.92 Å². The Kier molecular flexibility index (Phi) is 3.58. The van der Waals surface area contributed by atoms with Gasteiger partial charge in [0.1, 0.15) is 5.69 Å². The summed E-state index contributed by atoms with van der Waals surface area (Å²) >= 11 is 0. The molecule has 0 aromatic carbocycles. The van der Waals surface area contributed by atoms with E-state index >= 15 is 0 Å². The van der Waals surface area contributed by atoms with Gasteiger partial charge < -0.3 is 5.73 Å². The molecule has 0 saturated heterocycles. The zero-order valence-corrected chi connectivity index (χ0v) is 7.43. The molecule has 0 fully saturated rings. The number of rotatable bonds is 2. The first-order valence-corrected chi connectivity index (χ1v) is 4.03. The molecule has 0 saturated carbocycles. The largest absolute Gasteiger partial charge is 0.330 e. The van der Waals surface area contributed by atoms with Crippen molar-refractivity contribution in [2.45, 2.75) is 6.42 Å². The molecule has 14 heavy (non-hydrogen) atoms. The molecule has 0 unspecified atom stereocenters. The summed E-state index contributed by atoms with van der Waals surface area (Å²) in [6, 6.07) is 2.66. The standard InChI is InChI=1S/C9H9N3O2/c10-5-2-1-3-8-7-9(12(13)14)4-6-11-8/h4,6-7H,2,5,10H2. The predicted molar refractivity (Wildman–Crippen MR) is 51.4 cm³/mol. The van der Waals surface area contributed by atoms with Crippen molar-refractivity contribution in [2.75, 3.05) is 6.54 Å². The van der Waals surface area contributed by atoms with Crippen molar-refractivity contribution in [3.05, 3.63) is 34.1 Å². The molecule has 1 rings (SSSR count). The molecule has 1 aromatic rings. The number of nitrogens with zero attached hydrogens (tertiary/aromatic N) is 2. The summed E-state index contributed by atoms with van der Waals surface area (Å²) in [5, 5.41) is 10.4. The summed E-state index contributed by atoms with van der Waals surface area (Å²) in [6.07, 6.45) is 1.93. The lowest BCUT2D eigenvalue weighted by Gasteiger charge is -1.90. The lowest BCUT2D eigenvalue weighted by molar-refractivity contribution is -0.385. The van der Waals surface area contributed by atoms with Crippen LogP contribution in [0.3, 0.4) is 0 Å². The monoisotopic (exact) mass is 191 g/mol. The Morgan fingerprint density at radius 3 is 3.07 bits per heavy atom. The molecule has 0 amide bonds. The average molecular weight is 191 g/mol. The zero-order valence-electron chi connectivity index (χ0n) is 7.43. The van der Waals surface area contributed by atoms with Gasteiger partial charge in [0.25, 0.3) is 5.69 Å². The Labute approximate surface area is 81.1 Å². The summed E-state index contributed by atoms with van der Waals surface area (Å²) in [4.78, 5) is 13.8. The summed E-state index contributed by atoms with van der Waals surface area (Å²) in [5.74, 6) is 5.45. The molecule has 0 atom stereocenters. The Morgan fingerprint density at radius 2 is 2.43 bits per heavy atom. The normalized spacial score (nSPS) is 8.93. The summed E-state index contributed by atoms with van der Waals surface area (Å²) in [6.45, 7) is 0.474. The SMILES string of the molecule is NCCC#Cc1cc([N+](=O)[O-])ccn1. The molecular formula is C9H9N3O2. The van der Waals surface area contributed by atoms with Crippen LogP contribution in [0.4, 0.5) is 5.69 Å². The van der Waals surface area contributed by atoms with E-state index in [-0.39, 0.29) is 5.69 Å². The van der Waals surface area contributed by atoms with Crippen LogP contribution >= 0.6 is 0 Å². The number of aromatic nitrogens is 1. The van der Waals surface area contributed by atoms with Gasteiger partial charge in [-0.2, -0.15) is 0 Å². The first-order chi connectivity index (χ1) is 6.74. The van der Waals surface area contributed by atoms with Crippen LogP contribution in [-0.2, 0) is 0 Å². The van der Waals surface area contributed by atoms with Crippen LogP contribution in [0.5, 0.6) is 0 Å². The predicted octanol–water partition coefficient (Wildman–Crippen LogP) is 0.690. The van der Waals surface area contributed by atoms with E-state index in [9.17, 15) is 10.1 Å². The first kappa shape index (κ1) is 10.2. The molecule has 0 aliphatic heterocycles. The zero-order chi connectivity index (χ0) is 10.4. The minimum Gasteiger partial charge on any atom is -0.330 e. The minimum absolute atomic E-state index is 0.00273. The quantitative estimate of drug-likeness (QED) is 0.423. The van der Waals surface area contributed by atoms with E-state index in [1.165, 1.54) is 18.3 Å². The highest BCUT2D eigenvalue weighted by molar-refractivity contribution is 5.37. The van der Waals surface area contributed by atoms with Crippen LogP contribution in [0.25, 0.3) is 0 Å². The van der Waals surface area contributed by atoms with Crippen LogP contribution in [0.2, 0.25) is 0 Å². The molecule has 0 spiro atoms. The van der Waals surface area contributed by atoms with Gasteiger partial charge in [0.05, 0.1) is 11.0 Å². The highest BCUT2D eigenvalue weighted by Crippen LogP contribution is 2.09. The highest BCUT2D eigenvalue weighted by atomic mass is 16.6. The molecule has 5 nitrogen and oxygen atoms in total. The molecule has 0 aliphatic carbocycles. The van der Waals surface area contributed by atoms with Gasteiger partial charge in [-0.25, -0.2) is 4.98 Å². The van der Waals surface area contributed by atoms with Crippen LogP contribution in [0.15, 0.2) is 18.3 Å². The van der Waals surface area contributed by atoms with E-state index in [1.54, 1.807) is 0 Å². The first-order valence-electron chi connectivity index (χ1n) is 4.03. The maximum Gasteiger partial charge on any atom is 0.273 e. The van der Waals surface area contributed by atoms with Crippen molar-refractivity contribution in [1.29, 1.82) is 0 Å². The third-order valence-electron chi connectivity index (χ3n) is 1.44. The minimum atomic E-state index is -0.476. The van der Waals surface area contributed by atoms with Gasteiger partial charge in [0.2, 0.25) is 0 Å². The molecule has 0 bridgehead atoms. The second-order valence-corrected chi connectivity index (χ2v) is 2.50. The Bertz CT molecular complexity index is 393. The Morgan fingerprint density at radius 1 is 1.64 bits per heavy atom. The maximum atomic E-state index is 10.4. The van der Waals surface area contributed by atoms with E-state index in [0.717, 1.165) is 0 Å². The molecule has 1 heterocycles. The van der Waals surface area contributed by atoms with E-state index in [2.05, 4.69) is 16.8 Å². The van der Waals surface area contributed by atoms with Crippen molar-refractivity contribution >= 4 is 5.69 Å². The van der Waals surface area contributed by atoms with Crippen molar-refractivity contribution in [2.24, 2.45) is 5.73 Å². The molecule has 5 heteroatoms. The fraction of sp³-hybridized carbons (Fsp3) is 0.222. The topological polar surface area (TPSA) is 82.0 Å². The third kappa shape index (κ3) is 2.84. The van der Waals surface area contributed by atoms with Crippen LogP contribution in [0, 0.1) is 22.0 Å². The Balaban J connectivity index is 2.85. The van der Waals surface area contributed by atoms with Crippen LogP contribution < -0.4 is 5.73 Å². The van der Waals surface area contributed by atoms with Gasteiger partial charge in [-0.05, 0) is 5.92 Å². The van der Waals surface area contributed by atoms with Gasteiger partial charge in [-0.15, -0.1) is 0 Å². The number of hydrogen-bond acceptors (Lipinski definition) is 4. The number of hydrogen-bond donors (Lipinski definition) is 1. The Hall–Kier alpha value is -1.93. The molecule has 2 N–H and O–H groups in total. The average Bonchev–Trinajstić information content (AvgIpc) is 2.19. The van der Waals surface area contributed by atoms with Crippen molar-refractivity contribution in [3.63, 3.8) is 0 Å². The van der Waals surface area contributed by atoms with Crippen LogP contribution in [0.1, 0.15) is 12.1 Å². The van der Waals surface area contributed by atoms with E-state index in [1.807, 2.05) is 0 Å². The number of nitrogens with two attached hydrogens (primary N) is 1. The van der Waals surface area contributed by atoms with Gasteiger partial charge >= 0.3 is 0 Å². The van der Waals surface area contributed by atoms with E-state index in [0.29, 0.717) is 18.7 Å². The van der Waals surface area contributed by atoms with Crippen LogP contribution in [-0.4, -0.2) is 16.5 Å². The molecule has 0 radical (unpaired) electrons. The smallest absolute Gasteiger partial charge is 0.273 e. The second-order valence-electron chi connectivity index (χ2n) is 2.50. The van der Waals surface area contributed by atoms with E-state index in [4.69, 9.17) is 5.73 Å². The van der Waals surface area contributed by atoms with Crippen molar-refractivity contribution in [1.82, 2.24) is 4.98 Å². The molecule has 72 valence electrons. The van der Waals surface area contributed by atoms with Gasteiger partial charge in [-0.3, -0.25) is 10.1 Å². The molecule has 0 aliphatic rings. The lowest BCUT2D eigenvalue weighted by atomic mass is 10.3. The fourth-order valence-electron chi connectivity index (χ4n) is 0.827. The molecule has 1 aromatic heterocycles. The lowest BCUT2D eigenvalue weighted by Crippen LogP contribution is -1.95. The summed E-state index contributed by atoms with van der Waals surface area (Å²) in [7, 11) is 0. The highest BCUT2D eigenvalue weighted by Gasteiger charge is 2.04. The summed E-state index contributed by atoms with van der Waals surface area (Å²) in [5.41, 5.74) is 5.63. The number of pyridine rings is 1. The van der Waals surface area contributed by atoms with Gasteiger partial charge in [0, 0.05) is 25.2 Å². The van der Waals surface area contributed by atoms with Crippen molar-refractivity contribution < 1.29 is 4.92 Å². The van der Waals surface area contributed by atoms with Crippen molar-refractivity contribution in [3.8, 4) is 11.8 Å². The number of nitro groups is 1. The second kappa shape index (κ2) is 4.94. The fourth-order valence-corrected chi connectivity index (χ4v) is 0.827. The summed E-state index contributed by atoms with van der Waals surface area (Å²) < 4.78 is 0. The maximum absolute atomic E-state index is 10.4. The van der Waals surface area contributed by atoms with E-state index < -0.39 is 4.92 Å². The van der Waals surface area contributed by atoms with Gasteiger partial charge in [0.15, 0.2) is 0 Å².